The highest BCUT2D eigenvalue weighted by Gasteiger charge is 2.31. The number of anilines is 2. The number of rotatable bonds is 8. The number of ether oxygens (including phenoxy) is 3. The number of nitrogens with zero attached hydrogens (tertiary/aromatic N) is 2. The number of fused-ring (bicyclic) bond motifs is 1. The Morgan fingerprint density at radius 2 is 1.84 bits per heavy atom. The van der Waals surface area contributed by atoms with Crippen LogP contribution in [0.25, 0.3) is 0 Å². The molecule has 0 aromatic heterocycles. The molecule has 31 heavy (non-hydrogen) atoms. The zero-order valence-electron chi connectivity index (χ0n) is 18.6. The molecule has 1 unspecified atom stereocenters. The molecule has 8 heteroatoms. The van der Waals surface area contributed by atoms with Gasteiger partial charge in [0.15, 0.2) is 6.10 Å². The van der Waals surface area contributed by atoms with E-state index in [0.29, 0.717) is 40.7 Å². The van der Waals surface area contributed by atoms with Gasteiger partial charge in [-0.2, -0.15) is 0 Å². The van der Waals surface area contributed by atoms with Crippen LogP contribution in [0.3, 0.4) is 0 Å². The van der Waals surface area contributed by atoms with Gasteiger partial charge in [0.2, 0.25) is 0 Å². The second-order valence-corrected chi connectivity index (χ2v) is 7.58. The van der Waals surface area contributed by atoms with Crippen molar-refractivity contribution < 1.29 is 23.8 Å². The van der Waals surface area contributed by atoms with E-state index in [1.54, 1.807) is 48.2 Å². The van der Waals surface area contributed by atoms with E-state index in [1.165, 1.54) is 14.2 Å². The van der Waals surface area contributed by atoms with E-state index in [2.05, 4.69) is 10.2 Å². The number of hydrogen-bond donors (Lipinski definition) is 1. The van der Waals surface area contributed by atoms with Crippen LogP contribution in [-0.4, -0.2) is 64.2 Å². The van der Waals surface area contributed by atoms with Crippen molar-refractivity contribution in [3.63, 3.8) is 0 Å². The molecule has 2 aromatic carbocycles. The normalized spacial score (nSPS) is 15.4. The second-order valence-electron chi connectivity index (χ2n) is 7.58. The van der Waals surface area contributed by atoms with E-state index in [9.17, 15) is 9.59 Å². The van der Waals surface area contributed by atoms with Gasteiger partial charge in [-0.15, -0.1) is 0 Å². The first-order chi connectivity index (χ1) is 14.8. The number of methoxy groups -OCH3 is 2. The lowest BCUT2D eigenvalue weighted by Gasteiger charge is -2.33. The van der Waals surface area contributed by atoms with Crippen LogP contribution in [0.2, 0.25) is 0 Å². The van der Waals surface area contributed by atoms with Crippen molar-refractivity contribution in [3.05, 3.63) is 42.0 Å². The summed E-state index contributed by atoms with van der Waals surface area (Å²) in [4.78, 5) is 29.6. The van der Waals surface area contributed by atoms with Gasteiger partial charge >= 0.3 is 0 Å². The molecule has 2 amide bonds. The van der Waals surface area contributed by atoms with Crippen molar-refractivity contribution in [2.75, 3.05) is 51.6 Å². The number of amides is 2. The molecule has 0 saturated carbocycles. The summed E-state index contributed by atoms with van der Waals surface area (Å²) in [6.07, 6.45) is 0.269. The minimum absolute atomic E-state index is 0.0962. The first-order valence-corrected chi connectivity index (χ1v) is 10.1. The fourth-order valence-corrected chi connectivity index (χ4v) is 3.53. The Morgan fingerprint density at radius 1 is 1.16 bits per heavy atom. The lowest BCUT2D eigenvalue weighted by molar-refractivity contribution is -0.125. The smallest absolute Gasteiger partial charge is 0.267 e. The minimum Gasteiger partial charge on any atom is -0.496 e. The zero-order chi connectivity index (χ0) is 22.5. The van der Waals surface area contributed by atoms with Gasteiger partial charge < -0.3 is 29.3 Å². The SMILES string of the molecule is COc1cccc(OC)c1C(=O)Nc1ccc2c(c1)N(CCCN(C)C)C(=O)C(C)O2. The van der Waals surface area contributed by atoms with Gasteiger partial charge in [-0.3, -0.25) is 9.59 Å². The monoisotopic (exact) mass is 427 g/mol. The van der Waals surface area contributed by atoms with Gasteiger partial charge in [-0.25, -0.2) is 0 Å². The van der Waals surface area contributed by atoms with Crippen molar-refractivity contribution in [2.45, 2.75) is 19.4 Å². The van der Waals surface area contributed by atoms with Crippen LogP contribution in [-0.2, 0) is 4.79 Å². The number of hydrogen-bond acceptors (Lipinski definition) is 6. The molecule has 0 radical (unpaired) electrons. The third-order valence-corrected chi connectivity index (χ3v) is 5.07. The minimum atomic E-state index is -0.551. The Balaban J connectivity index is 1.88. The molecule has 2 aromatic rings. The van der Waals surface area contributed by atoms with Crippen molar-refractivity contribution in [1.29, 1.82) is 0 Å². The quantitative estimate of drug-likeness (QED) is 0.698. The molecule has 0 aliphatic carbocycles. The molecule has 1 atom stereocenters. The molecule has 1 aliphatic rings. The highest BCUT2D eigenvalue weighted by Crippen LogP contribution is 2.37. The number of carbonyl (C=O) groups is 2. The number of nitrogens with one attached hydrogen (secondary N) is 1. The molecular formula is C23H29N3O5. The highest BCUT2D eigenvalue weighted by atomic mass is 16.5. The summed E-state index contributed by atoms with van der Waals surface area (Å²) >= 11 is 0. The van der Waals surface area contributed by atoms with Crippen LogP contribution < -0.4 is 24.4 Å². The molecule has 3 rings (SSSR count). The molecule has 0 fully saturated rings. The zero-order valence-corrected chi connectivity index (χ0v) is 18.6. The van der Waals surface area contributed by atoms with Gasteiger partial charge in [-0.05, 0) is 64.3 Å². The van der Waals surface area contributed by atoms with Gasteiger partial charge in [0, 0.05) is 12.2 Å². The van der Waals surface area contributed by atoms with Crippen LogP contribution in [0, 0.1) is 0 Å². The predicted molar refractivity (Wildman–Crippen MR) is 120 cm³/mol. The molecule has 0 bridgehead atoms. The van der Waals surface area contributed by atoms with E-state index in [1.807, 2.05) is 14.1 Å². The summed E-state index contributed by atoms with van der Waals surface area (Å²) in [6, 6.07) is 10.4. The third-order valence-electron chi connectivity index (χ3n) is 5.07. The Labute approximate surface area is 182 Å². The molecular weight excluding hydrogens is 398 g/mol. The van der Waals surface area contributed by atoms with Crippen LogP contribution >= 0.6 is 0 Å². The molecule has 0 spiro atoms. The van der Waals surface area contributed by atoms with Crippen LogP contribution in [0.15, 0.2) is 36.4 Å². The van der Waals surface area contributed by atoms with Crippen molar-refractivity contribution in [1.82, 2.24) is 4.90 Å². The average Bonchev–Trinajstić information content (AvgIpc) is 2.75. The van der Waals surface area contributed by atoms with Crippen molar-refractivity contribution in [2.24, 2.45) is 0 Å². The maximum Gasteiger partial charge on any atom is 0.267 e. The third kappa shape index (κ3) is 4.91. The summed E-state index contributed by atoms with van der Waals surface area (Å²) < 4.78 is 16.4. The fraction of sp³-hybridized carbons (Fsp3) is 0.391. The first kappa shape index (κ1) is 22.4. The molecule has 1 N–H and O–H groups in total. The predicted octanol–water partition coefficient (Wildman–Crippen LogP) is 3.02. The second kappa shape index (κ2) is 9.70. The fourth-order valence-electron chi connectivity index (χ4n) is 3.53. The average molecular weight is 428 g/mol. The topological polar surface area (TPSA) is 80.3 Å². The molecule has 8 nitrogen and oxygen atoms in total. The Bertz CT molecular complexity index is 938. The summed E-state index contributed by atoms with van der Waals surface area (Å²) in [7, 11) is 7.00. The molecule has 1 heterocycles. The standard InChI is InChI=1S/C23H29N3O5/c1-15-23(28)26(13-7-12-25(2)3)17-14-16(10-11-18(17)31-15)24-22(27)21-19(29-4)8-6-9-20(21)30-5/h6,8-11,14-15H,7,12-13H2,1-5H3,(H,24,27). The van der Waals surface area contributed by atoms with Crippen molar-refractivity contribution >= 4 is 23.2 Å². The van der Waals surface area contributed by atoms with E-state index >= 15 is 0 Å². The summed E-state index contributed by atoms with van der Waals surface area (Å²) in [6.45, 7) is 3.17. The number of benzene rings is 2. The Morgan fingerprint density at radius 3 is 2.45 bits per heavy atom. The van der Waals surface area contributed by atoms with Crippen LogP contribution in [0.4, 0.5) is 11.4 Å². The Hall–Kier alpha value is -3.26. The molecule has 166 valence electrons. The van der Waals surface area contributed by atoms with E-state index in [-0.39, 0.29) is 11.8 Å². The van der Waals surface area contributed by atoms with Crippen molar-refractivity contribution in [3.8, 4) is 17.2 Å². The molecule has 0 saturated heterocycles. The highest BCUT2D eigenvalue weighted by molar-refractivity contribution is 6.09. The summed E-state index contributed by atoms with van der Waals surface area (Å²) in [5, 5.41) is 2.88. The van der Waals surface area contributed by atoms with E-state index in [4.69, 9.17) is 14.2 Å². The van der Waals surface area contributed by atoms with Gasteiger partial charge in [0.1, 0.15) is 22.8 Å². The van der Waals surface area contributed by atoms with E-state index in [0.717, 1.165) is 13.0 Å². The van der Waals surface area contributed by atoms with Gasteiger partial charge in [-0.1, -0.05) is 6.07 Å². The van der Waals surface area contributed by atoms with Gasteiger partial charge in [0.05, 0.1) is 19.9 Å². The Kier molecular flexibility index (Phi) is 7.02. The largest absolute Gasteiger partial charge is 0.496 e. The summed E-state index contributed by atoms with van der Waals surface area (Å²) in [5.74, 6) is 0.968. The maximum atomic E-state index is 13.0. The van der Waals surface area contributed by atoms with Gasteiger partial charge in [0.25, 0.3) is 11.8 Å². The summed E-state index contributed by atoms with van der Waals surface area (Å²) in [5.41, 5.74) is 1.49. The molecule has 1 aliphatic heterocycles. The lowest BCUT2D eigenvalue weighted by atomic mass is 10.1. The first-order valence-electron chi connectivity index (χ1n) is 10.1. The number of carbonyl (C=O) groups excluding carboxylic acids is 2. The van der Waals surface area contributed by atoms with Crippen LogP contribution in [0.5, 0.6) is 17.2 Å². The maximum absolute atomic E-state index is 13.0. The van der Waals surface area contributed by atoms with E-state index < -0.39 is 6.10 Å². The lowest BCUT2D eigenvalue weighted by Crippen LogP contribution is -2.45. The van der Waals surface area contributed by atoms with Crippen LogP contribution in [0.1, 0.15) is 23.7 Å².